The van der Waals surface area contributed by atoms with Crippen molar-refractivity contribution in [2.45, 2.75) is 32.7 Å². The van der Waals surface area contributed by atoms with Gasteiger partial charge in [0.15, 0.2) is 0 Å². The van der Waals surface area contributed by atoms with Crippen molar-refractivity contribution in [3.05, 3.63) is 22.5 Å². The van der Waals surface area contributed by atoms with E-state index in [4.69, 9.17) is 11.6 Å². The third kappa shape index (κ3) is 2.93. The Morgan fingerprint density at radius 1 is 1.61 bits per heavy atom. The number of halogens is 1. The Morgan fingerprint density at radius 3 is 2.78 bits per heavy atom. The fourth-order valence-electron chi connectivity index (χ4n) is 1.98. The molecule has 1 atom stereocenters. The topological polar surface area (TPSA) is 46.9 Å². The first kappa shape index (κ1) is 13.1. The van der Waals surface area contributed by atoms with Crippen molar-refractivity contribution in [1.29, 1.82) is 0 Å². The molecule has 0 aromatic carbocycles. The van der Waals surface area contributed by atoms with Crippen LogP contribution in [0.5, 0.6) is 0 Å². The van der Waals surface area contributed by atoms with Gasteiger partial charge in [0, 0.05) is 24.7 Å². The van der Waals surface area contributed by atoms with Crippen LogP contribution in [0.3, 0.4) is 0 Å². The zero-order valence-corrected chi connectivity index (χ0v) is 11.7. The van der Waals surface area contributed by atoms with Crippen LogP contribution in [0, 0.1) is 12.8 Å². The molecular weight excluding hydrogens is 250 g/mol. The molecule has 0 spiro atoms. The number of hydrogen-bond acceptors (Lipinski definition) is 2. The van der Waals surface area contributed by atoms with E-state index < -0.39 is 0 Å². The number of carbonyl (C=O) groups is 1. The Kier molecular flexibility index (Phi) is 3.76. The van der Waals surface area contributed by atoms with Crippen molar-refractivity contribution >= 4 is 23.6 Å². The van der Waals surface area contributed by atoms with Crippen LogP contribution < -0.4 is 5.32 Å². The molecule has 18 heavy (non-hydrogen) atoms. The van der Waals surface area contributed by atoms with Crippen molar-refractivity contribution < 1.29 is 4.79 Å². The average Bonchev–Trinajstić information content (AvgIpc) is 3.08. The Balaban J connectivity index is 1.99. The van der Waals surface area contributed by atoms with Crippen LogP contribution >= 0.6 is 11.6 Å². The molecule has 1 N–H and O–H groups in total. The first-order chi connectivity index (χ1) is 8.49. The largest absolute Gasteiger partial charge is 0.350 e. The fraction of sp³-hybridized carbons (Fsp3) is 0.538. The number of amides is 1. The van der Waals surface area contributed by atoms with Gasteiger partial charge in [-0.15, -0.1) is 0 Å². The van der Waals surface area contributed by atoms with E-state index >= 15 is 0 Å². The van der Waals surface area contributed by atoms with E-state index in [1.807, 2.05) is 13.8 Å². The lowest BCUT2D eigenvalue weighted by Gasteiger charge is -2.10. The summed E-state index contributed by atoms with van der Waals surface area (Å²) < 4.78 is 1.60. The second-order valence-electron chi connectivity index (χ2n) is 4.88. The molecule has 0 saturated heterocycles. The lowest BCUT2D eigenvalue weighted by atomic mass is 10.2. The van der Waals surface area contributed by atoms with Crippen molar-refractivity contribution in [2.75, 3.05) is 0 Å². The zero-order valence-electron chi connectivity index (χ0n) is 10.9. The van der Waals surface area contributed by atoms with E-state index in [-0.39, 0.29) is 11.9 Å². The minimum atomic E-state index is -0.0753. The number of nitrogens with zero attached hydrogens (tertiary/aromatic N) is 2. The Bertz CT molecular complexity index is 489. The zero-order chi connectivity index (χ0) is 13.3. The minimum absolute atomic E-state index is 0.0753. The number of rotatable bonds is 4. The number of nitrogens with one attached hydrogen (secondary N) is 1. The summed E-state index contributed by atoms with van der Waals surface area (Å²) >= 11 is 6.08. The molecule has 98 valence electrons. The van der Waals surface area contributed by atoms with E-state index in [9.17, 15) is 4.79 Å². The van der Waals surface area contributed by atoms with Crippen LogP contribution in [0.1, 0.15) is 31.0 Å². The maximum atomic E-state index is 11.7. The Hall–Kier alpha value is -1.29. The second-order valence-corrected chi connectivity index (χ2v) is 5.24. The first-order valence-corrected chi connectivity index (χ1v) is 6.54. The highest BCUT2D eigenvalue weighted by Gasteiger charge is 2.28. The van der Waals surface area contributed by atoms with Crippen LogP contribution in [-0.4, -0.2) is 21.7 Å². The standard InChI is InChI=1S/C13H18ClN3O/c1-8(10-4-5-10)15-12(18)7-6-11-9(2)16-17(3)13(11)14/h6-8,10H,4-5H2,1-3H3,(H,15,18)/b7-6+. The molecular formula is C13H18ClN3O. The Morgan fingerprint density at radius 2 is 2.28 bits per heavy atom. The first-order valence-electron chi connectivity index (χ1n) is 6.16. The molecule has 5 heteroatoms. The number of carbonyl (C=O) groups excluding carboxylic acids is 1. The van der Waals surface area contributed by atoms with Gasteiger partial charge >= 0.3 is 0 Å². The fourth-order valence-corrected chi connectivity index (χ4v) is 2.22. The molecule has 0 radical (unpaired) electrons. The van der Waals surface area contributed by atoms with Gasteiger partial charge in [0.25, 0.3) is 0 Å². The van der Waals surface area contributed by atoms with Crippen LogP contribution in [0.4, 0.5) is 0 Å². The highest BCUT2D eigenvalue weighted by molar-refractivity contribution is 6.31. The number of hydrogen-bond donors (Lipinski definition) is 1. The molecule has 0 aliphatic heterocycles. The maximum absolute atomic E-state index is 11.7. The van der Waals surface area contributed by atoms with Gasteiger partial charge < -0.3 is 5.32 Å². The van der Waals surface area contributed by atoms with Crippen LogP contribution in [0.25, 0.3) is 6.08 Å². The van der Waals surface area contributed by atoms with E-state index in [0.717, 1.165) is 11.3 Å². The van der Waals surface area contributed by atoms with Gasteiger partial charge in [-0.3, -0.25) is 9.48 Å². The average molecular weight is 268 g/mol. The molecule has 0 bridgehead atoms. The summed E-state index contributed by atoms with van der Waals surface area (Å²) in [5.41, 5.74) is 1.62. The smallest absolute Gasteiger partial charge is 0.244 e. The van der Waals surface area contributed by atoms with E-state index in [1.54, 1.807) is 17.8 Å². The van der Waals surface area contributed by atoms with E-state index in [2.05, 4.69) is 10.4 Å². The van der Waals surface area contributed by atoms with Gasteiger partial charge in [-0.25, -0.2) is 0 Å². The van der Waals surface area contributed by atoms with Gasteiger partial charge in [0.2, 0.25) is 5.91 Å². The van der Waals surface area contributed by atoms with Crippen molar-refractivity contribution in [1.82, 2.24) is 15.1 Å². The summed E-state index contributed by atoms with van der Waals surface area (Å²) in [6.45, 7) is 3.92. The predicted octanol–water partition coefficient (Wildman–Crippen LogP) is 2.31. The minimum Gasteiger partial charge on any atom is -0.350 e. The number of aromatic nitrogens is 2. The maximum Gasteiger partial charge on any atom is 0.244 e. The molecule has 1 amide bonds. The van der Waals surface area contributed by atoms with Crippen molar-refractivity contribution in [3.63, 3.8) is 0 Å². The summed E-state index contributed by atoms with van der Waals surface area (Å²) in [7, 11) is 1.78. The van der Waals surface area contributed by atoms with Crippen LogP contribution in [-0.2, 0) is 11.8 Å². The molecule has 1 aromatic rings. The molecule has 4 nitrogen and oxygen atoms in total. The Labute approximate surface area is 112 Å². The van der Waals surface area contributed by atoms with Crippen molar-refractivity contribution in [2.24, 2.45) is 13.0 Å². The van der Waals surface area contributed by atoms with Crippen LogP contribution in [0.15, 0.2) is 6.08 Å². The quantitative estimate of drug-likeness (QED) is 0.851. The highest BCUT2D eigenvalue weighted by Crippen LogP contribution is 2.32. The van der Waals surface area contributed by atoms with Gasteiger partial charge in [0.05, 0.1) is 5.69 Å². The molecule has 1 aromatic heterocycles. The molecule has 1 aliphatic carbocycles. The van der Waals surface area contributed by atoms with Crippen LogP contribution in [0.2, 0.25) is 5.15 Å². The second kappa shape index (κ2) is 5.14. The summed E-state index contributed by atoms with van der Waals surface area (Å²) in [5.74, 6) is 0.583. The molecule has 1 unspecified atom stereocenters. The summed E-state index contributed by atoms with van der Waals surface area (Å²) in [5, 5.41) is 7.70. The lowest BCUT2D eigenvalue weighted by Crippen LogP contribution is -2.32. The van der Waals surface area contributed by atoms with Gasteiger partial charge in [-0.05, 0) is 38.7 Å². The predicted molar refractivity (Wildman–Crippen MR) is 72.3 cm³/mol. The van der Waals surface area contributed by atoms with Crippen molar-refractivity contribution in [3.8, 4) is 0 Å². The molecule has 1 heterocycles. The van der Waals surface area contributed by atoms with Gasteiger partial charge in [0.1, 0.15) is 5.15 Å². The third-order valence-electron chi connectivity index (χ3n) is 3.30. The van der Waals surface area contributed by atoms with Gasteiger partial charge in [-0.2, -0.15) is 5.10 Å². The number of aryl methyl sites for hydroxylation is 2. The summed E-state index contributed by atoms with van der Waals surface area (Å²) in [4.78, 5) is 11.7. The molecule has 1 fully saturated rings. The normalized spacial score (nSPS) is 17.1. The monoisotopic (exact) mass is 267 g/mol. The van der Waals surface area contributed by atoms with E-state index in [1.165, 1.54) is 18.9 Å². The molecule has 1 aliphatic rings. The summed E-state index contributed by atoms with van der Waals surface area (Å²) in [6.07, 6.45) is 5.69. The molecule has 2 rings (SSSR count). The highest BCUT2D eigenvalue weighted by atomic mass is 35.5. The molecule has 1 saturated carbocycles. The van der Waals surface area contributed by atoms with Gasteiger partial charge in [-0.1, -0.05) is 11.6 Å². The SMILES string of the molecule is Cc1nn(C)c(Cl)c1/C=C/C(=O)NC(C)C1CC1. The lowest BCUT2D eigenvalue weighted by molar-refractivity contribution is -0.117. The third-order valence-corrected chi connectivity index (χ3v) is 3.74. The van der Waals surface area contributed by atoms with E-state index in [0.29, 0.717) is 11.1 Å². The summed E-state index contributed by atoms with van der Waals surface area (Å²) in [6, 6.07) is 0.257.